The number of hydrogen-bond donors (Lipinski definition) is 1. The quantitative estimate of drug-likeness (QED) is 0.670. The molecule has 5 nitrogen and oxygen atoms in total. The van der Waals surface area contributed by atoms with Crippen LogP contribution in [0.15, 0.2) is 42.5 Å². The zero-order chi connectivity index (χ0) is 22.3. The number of ether oxygens (including phenoxy) is 1. The van der Waals surface area contributed by atoms with Crippen molar-refractivity contribution in [3.63, 3.8) is 0 Å². The lowest BCUT2D eigenvalue weighted by molar-refractivity contribution is -0.142. The van der Waals surface area contributed by atoms with Crippen molar-refractivity contribution in [2.24, 2.45) is 0 Å². The molecular weight excluding hydrogens is 376 g/mol. The SMILES string of the molecule is CCC(C)NC(=O)C(C)N(Cc1ccccc1C)C(=O)COc1cccc(C)c1C. The van der Waals surface area contributed by atoms with Crippen molar-refractivity contribution in [3.8, 4) is 5.75 Å². The van der Waals surface area contributed by atoms with Crippen LogP contribution < -0.4 is 10.1 Å². The van der Waals surface area contributed by atoms with Gasteiger partial charge in [-0.15, -0.1) is 0 Å². The molecule has 0 saturated carbocycles. The summed E-state index contributed by atoms with van der Waals surface area (Å²) < 4.78 is 5.84. The first kappa shape index (κ1) is 23.5. The summed E-state index contributed by atoms with van der Waals surface area (Å²) in [4.78, 5) is 27.5. The van der Waals surface area contributed by atoms with Gasteiger partial charge in [-0.1, -0.05) is 43.3 Å². The minimum Gasteiger partial charge on any atom is -0.483 e. The molecule has 2 amide bonds. The lowest BCUT2D eigenvalue weighted by Crippen LogP contribution is -2.50. The van der Waals surface area contributed by atoms with Gasteiger partial charge in [0.2, 0.25) is 5.91 Å². The molecule has 0 heterocycles. The molecule has 0 fully saturated rings. The maximum absolute atomic E-state index is 13.2. The third kappa shape index (κ3) is 6.09. The van der Waals surface area contributed by atoms with Gasteiger partial charge in [0.1, 0.15) is 11.8 Å². The lowest BCUT2D eigenvalue weighted by Gasteiger charge is -2.30. The predicted octanol–water partition coefficient (Wildman–Crippen LogP) is 4.32. The minimum absolute atomic E-state index is 0.0570. The predicted molar refractivity (Wildman–Crippen MR) is 120 cm³/mol. The summed E-state index contributed by atoms with van der Waals surface area (Å²) in [6.45, 7) is 12.0. The van der Waals surface area contributed by atoms with Gasteiger partial charge in [-0.25, -0.2) is 0 Å². The number of aryl methyl sites for hydroxylation is 2. The largest absolute Gasteiger partial charge is 0.483 e. The van der Waals surface area contributed by atoms with Crippen LogP contribution in [0.1, 0.15) is 49.4 Å². The van der Waals surface area contributed by atoms with Gasteiger partial charge in [-0.05, 0) is 69.4 Å². The fraction of sp³-hybridized carbons (Fsp3) is 0.440. The van der Waals surface area contributed by atoms with Crippen LogP contribution in [0.3, 0.4) is 0 Å². The number of nitrogens with zero attached hydrogens (tertiary/aromatic N) is 1. The van der Waals surface area contributed by atoms with Crippen LogP contribution >= 0.6 is 0 Å². The lowest BCUT2D eigenvalue weighted by atomic mass is 10.1. The first-order chi connectivity index (χ1) is 14.2. The Morgan fingerprint density at radius 1 is 1.00 bits per heavy atom. The number of carbonyl (C=O) groups is 2. The monoisotopic (exact) mass is 410 g/mol. The van der Waals surface area contributed by atoms with Crippen molar-refractivity contribution in [2.45, 2.75) is 66.6 Å². The molecule has 0 saturated heterocycles. The van der Waals surface area contributed by atoms with Gasteiger partial charge in [0.25, 0.3) is 5.91 Å². The van der Waals surface area contributed by atoms with E-state index in [1.807, 2.05) is 77.1 Å². The molecule has 0 aliphatic heterocycles. The number of rotatable bonds is 9. The van der Waals surface area contributed by atoms with Gasteiger partial charge >= 0.3 is 0 Å². The number of benzene rings is 2. The first-order valence-electron chi connectivity index (χ1n) is 10.6. The molecule has 2 aromatic rings. The van der Waals surface area contributed by atoms with Crippen molar-refractivity contribution in [1.82, 2.24) is 10.2 Å². The smallest absolute Gasteiger partial charge is 0.261 e. The molecule has 5 heteroatoms. The van der Waals surface area contributed by atoms with Gasteiger partial charge in [0.15, 0.2) is 6.61 Å². The molecule has 1 N–H and O–H groups in total. The van der Waals surface area contributed by atoms with Crippen LogP contribution in [0.5, 0.6) is 5.75 Å². The third-order valence-electron chi connectivity index (χ3n) is 5.68. The van der Waals surface area contributed by atoms with Crippen molar-refractivity contribution in [2.75, 3.05) is 6.61 Å². The van der Waals surface area contributed by atoms with Gasteiger partial charge in [0.05, 0.1) is 0 Å². The molecule has 30 heavy (non-hydrogen) atoms. The van der Waals surface area contributed by atoms with Gasteiger partial charge in [-0.3, -0.25) is 9.59 Å². The summed E-state index contributed by atoms with van der Waals surface area (Å²) in [5, 5.41) is 2.98. The minimum atomic E-state index is -0.603. The summed E-state index contributed by atoms with van der Waals surface area (Å²) in [5.74, 6) is 0.319. The number of nitrogens with one attached hydrogen (secondary N) is 1. The number of carbonyl (C=O) groups excluding carboxylic acids is 2. The van der Waals surface area contributed by atoms with E-state index in [1.165, 1.54) is 0 Å². The normalized spacial score (nSPS) is 12.7. The van der Waals surface area contributed by atoms with E-state index in [1.54, 1.807) is 11.8 Å². The van der Waals surface area contributed by atoms with E-state index in [0.29, 0.717) is 12.3 Å². The van der Waals surface area contributed by atoms with Crippen LogP contribution in [0.4, 0.5) is 0 Å². The standard InChI is InChI=1S/C25H34N2O3/c1-7-19(4)26-25(29)21(6)27(15-22-13-9-8-11-18(22)3)24(28)16-30-23-14-10-12-17(2)20(23)5/h8-14,19,21H,7,15-16H2,1-6H3,(H,26,29). The van der Waals surface area contributed by atoms with E-state index < -0.39 is 6.04 Å². The Labute approximate surface area is 180 Å². The highest BCUT2D eigenvalue weighted by Crippen LogP contribution is 2.21. The second-order valence-corrected chi connectivity index (χ2v) is 7.93. The van der Waals surface area contributed by atoms with Crippen LogP contribution in [-0.4, -0.2) is 35.4 Å². The zero-order valence-electron chi connectivity index (χ0n) is 19.0. The van der Waals surface area contributed by atoms with Gasteiger partial charge in [0, 0.05) is 12.6 Å². The maximum Gasteiger partial charge on any atom is 0.261 e. The topological polar surface area (TPSA) is 58.6 Å². The molecular formula is C25H34N2O3. The average molecular weight is 411 g/mol. The average Bonchev–Trinajstić information content (AvgIpc) is 2.73. The van der Waals surface area contributed by atoms with Crippen molar-refractivity contribution < 1.29 is 14.3 Å². The van der Waals surface area contributed by atoms with Crippen LogP contribution in [0, 0.1) is 20.8 Å². The molecule has 0 aromatic heterocycles. The number of hydrogen-bond acceptors (Lipinski definition) is 3. The Kier molecular flexibility index (Phi) is 8.46. The molecule has 2 unspecified atom stereocenters. The van der Waals surface area contributed by atoms with Crippen LogP contribution in [0.25, 0.3) is 0 Å². The molecule has 2 aromatic carbocycles. The van der Waals surface area contributed by atoms with Crippen LogP contribution in [-0.2, 0) is 16.1 Å². The molecule has 2 rings (SSSR count). The van der Waals surface area contributed by atoms with E-state index in [0.717, 1.165) is 28.7 Å². The van der Waals surface area contributed by atoms with Crippen molar-refractivity contribution in [3.05, 3.63) is 64.7 Å². The van der Waals surface area contributed by atoms with Crippen molar-refractivity contribution >= 4 is 11.8 Å². The second kappa shape index (κ2) is 10.8. The molecule has 0 aliphatic rings. The Morgan fingerprint density at radius 3 is 2.33 bits per heavy atom. The highest BCUT2D eigenvalue weighted by Gasteiger charge is 2.27. The Bertz CT molecular complexity index is 878. The summed E-state index contributed by atoms with van der Waals surface area (Å²) in [6.07, 6.45) is 0.833. The Morgan fingerprint density at radius 2 is 1.67 bits per heavy atom. The molecule has 0 aliphatic carbocycles. The molecule has 0 bridgehead atoms. The van der Waals surface area contributed by atoms with E-state index in [2.05, 4.69) is 5.32 Å². The second-order valence-electron chi connectivity index (χ2n) is 7.93. The highest BCUT2D eigenvalue weighted by molar-refractivity contribution is 5.88. The van der Waals surface area contributed by atoms with E-state index >= 15 is 0 Å². The molecule has 162 valence electrons. The number of amides is 2. The first-order valence-corrected chi connectivity index (χ1v) is 10.6. The fourth-order valence-electron chi connectivity index (χ4n) is 3.12. The fourth-order valence-corrected chi connectivity index (χ4v) is 3.12. The van der Waals surface area contributed by atoms with E-state index in [4.69, 9.17) is 4.74 Å². The molecule has 0 spiro atoms. The van der Waals surface area contributed by atoms with Crippen LogP contribution in [0.2, 0.25) is 0 Å². The van der Waals surface area contributed by atoms with Crippen molar-refractivity contribution in [1.29, 1.82) is 0 Å². The summed E-state index contributed by atoms with van der Waals surface area (Å²) in [6, 6.07) is 13.1. The third-order valence-corrected chi connectivity index (χ3v) is 5.68. The highest BCUT2D eigenvalue weighted by atomic mass is 16.5. The zero-order valence-corrected chi connectivity index (χ0v) is 19.0. The summed E-state index contributed by atoms with van der Waals surface area (Å²) >= 11 is 0. The van der Waals surface area contributed by atoms with E-state index in [-0.39, 0.29) is 24.5 Å². The Balaban J connectivity index is 2.20. The van der Waals surface area contributed by atoms with Gasteiger partial charge in [-0.2, -0.15) is 0 Å². The van der Waals surface area contributed by atoms with Gasteiger partial charge < -0.3 is 15.0 Å². The van der Waals surface area contributed by atoms with E-state index in [9.17, 15) is 9.59 Å². The maximum atomic E-state index is 13.2. The Hall–Kier alpha value is -2.82. The molecule has 2 atom stereocenters. The summed E-state index contributed by atoms with van der Waals surface area (Å²) in [7, 11) is 0. The summed E-state index contributed by atoms with van der Waals surface area (Å²) in [5.41, 5.74) is 4.22. The molecule has 0 radical (unpaired) electrons.